The topological polar surface area (TPSA) is 0 Å². The van der Waals surface area contributed by atoms with Crippen molar-refractivity contribution in [2.45, 2.75) is 5.41 Å². The second-order valence-corrected chi connectivity index (χ2v) is 8.44. The summed E-state index contributed by atoms with van der Waals surface area (Å²) >= 11 is -0.0226. The van der Waals surface area contributed by atoms with Crippen molar-refractivity contribution in [2.75, 3.05) is 0 Å². The quantitative estimate of drug-likeness (QED) is 0.422. The molecule has 0 atom stereocenters. The molecular weight excluding hydrogens is 415 g/mol. The lowest BCUT2D eigenvalue weighted by Gasteiger charge is -2.34. The summed E-state index contributed by atoms with van der Waals surface area (Å²) in [6, 6.07) is 28.8. The summed E-state index contributed by atoms with van der Waals surface area (Å²) in [5.41, 5.74) is 8.13. The van der Waals surface area contributed by atoms with Gasteiger partial charge in [-0.2, -0.15) is 0 Å². The molecule has 0 bridgehead atoms. The van der Waals surface area contributed by atoms with Gasteiger partial charge in [-0.1, -0.05) is 112 Å². The third-order valence-corrected chi connectivity index (χ3v) is 7.05. The Morgan fingerprint density at radius 2 is 1.24 bits per heavy atom. The van der Waals surface area contributed by atoms with Gasteiger partial charge in [-0.3, -0.25) is 0 Å². The number of fused-ring (bicyclic) bond motifs is 3. The molecule has 0 radical (unpaired) electrons. The lowest BCUT2D eigenvalue weighted by Crippen LogP contribution is -2.29. The van der Waals surface area contributed by atoms with E-state index in [2.05, 4.69) is 99.1 Å². The van der Waals surface area contributed by atoms with Crippen LogP contribution in [0.4, 0.5) is 0 Å². The molecule has 25 heavy (non-hydrogen) atoms. The predicted octanol–water partition coefficient (Wildman–Crippen LogP) is 6.23. The highest BCUT2D eigenvalue weighted by Gasteiger charge is 2.46. The molecule has 0 nitrogen and oxygen atoms in total. The van der Waals surface area contributed by atoms with Crippen LogP contribution < -0.4 is 0 Å². The molecular formula is C24H17I. The number of benzene rings is 3. The highest BCUT2D eigenvalue weighted by atomic mass is 127. The van der Waals surface area contributed by atoms with E-state index >= 15 is 0 Å². The molecule has 2 aliphatic rings. The maximum absolute atomic E-state index is 2.49. The van der Waals surface area contributed by atoms with Crippen LogP contribution in [-0.4, -0.2) is 4.01 Å². The van der Waals surface area contributed by atoms with Crippen molar-refractivity contribution in [1.82, 2.24) is 0 Å². The minimum atomic E-state index is -0.196. The van der Waals surface area contributed by atoms with Crippen LogP contribution in [0.1, 0.15) is 16.7 Å². The summed E-state index contributed by atoms with van der Waals surface area (Å²) < 4.78 is 4.82. The van der Waals surface area contributed by atoms with Crippen LogP contribution in [0.5, 0.6) is 0 Å². The van der Waals surface area contributed by atoms with Crippen molar-refractivity contribution in [3.8, 4) is 11.1 Å². The Kier molecular flexibility index (Phi) is 3.56. The van der Waals surface area contributed by atoms with Gasteiger partial charge in [-0.25, -0.2) is 0 Å². The maximum atomic E-state index is 2.49. The first-order valence-corrected chi connectivity index (χ1v) is 11.0. The summed E-state index contributed by atoms with van der Waals surface area (Å²) in [4.78, 5) is 0. The van der Waals surface area contributed by atoms with Crippen molar-refractivity contribution in [3.05, 3.63) is 117 Å². The summed E-state index contributed by atoms with van der Waals surface area (Å²) in [6.07, 6.45) is 4.56. The zero-order chi connectivity index (χ0) is 16.7. The van der Waals surface area contributed by atoms with E-state index in [1.165, 1.54) is 33.4 Å². The molecule has 0 fully saturated rings. The normalized spacial score (nSPS) is 16.6. The molecule has 120 valence electrons. The minimum absolute atomic E-state index is 0.0226. The average Bonchev–Trinajstić information content (AvgIpc) is 3.01. The number of halogens is 1. The fourth-order valence-corrected chi connectivity index (χ4v) is 5.96. The second-order valence-electron chi connectivity index (χ2n) is 6.38. The third-order valence-electron chi connectivity index (χ3n) is 5.19. The molecule has 0 spiro atoms. The Bertz CT molecular complexity index is 993. The van der Waals surface area contributed by atoms with Crippen LogP contribution in [0.15, 0.2) is 101 Å². The molecule has 5 rings (SSSR count). The zero-order valence-electron chi connectivity index (χ0n) is 13.7. The summed E-state index contributed by atoms with van der Waals surface area (Å²) in [6.45, 7) is 0. The summed E-state index contributed by atoms with van der Waals surface area (Å²) in [5.74, 6) is 0. The lowest BCUT2D eigenvalue weighted by molar-refractivity contribution is 0.770. The fraction of sp³-hybridized carbons (Fsp3) is 0.0417. The number of allylic oxidation sites excluding steroid dienone is 3. The van der Waals surface area contributed by atoms with Gasteiger partial charge in [-0.05, 0) is 41.5 Å². The standard InChI is InChI=1S/C24H17I/c1-2-9-18(10-3-1)24(19-11-8-16-25-17-19)22-14-6-4-12-20(22)21-13-5-7-15-23(21)24/h1-17H. The van der Waals surface area contributed by atoms with E-state index in [0.29, 0.717) is 0 Å². The van der Waals surface area contributed by atoms with Crippen molar-refractivity contribution in [2.24, 2.45) is 0 Å². The van der Waals surface area contributed by atoms with E-state index in [1.54, 1.807) is 0 Å². The van der Waals surface area contributed by atoms with Gasteiger partial charge >= 0.3 is 0 Å². The highest BCUT2D eigenvalue weighted by molar-refractivity contribution is 14.2. The van der Waals surface area contributed by atoms with Gasteiger partial charge in [-0.15, -0.1) is 0 Å². The molecule has 1 heterocycles. The molecule has 0 aromatic heterocycles. The molecule has 0 amide bonds. The van der Waals surface area contributed by atoms with Crippen LogP contribution in [-0.2, 0) is 5.41 Å². The Morgan fingerprint density at radius 1 is 0.640 bits per heavy atom. The first-order chi connectivity index (χ1) is 12.4. The fourth-order valence-electron chi connectivity index (χ4n) is 4.24. The van der Waals surface area contributed by atoms with E-state index < -0.39 is 0 Å². The van der Waals surface area contributed by atoms with Gasteiger partial charge in [0, 0.05) is 0 Å². The maximum Gasteiger partial charge on any atom is 0.0717 e. The molecule has 0 saturated heterocycles. The Morgan fingerprint density at radius 3 is 1.84 bits per heavy atom. The Hall–Kier alpha value is -2.26. The molecule has 1 aliphatic heterocycles. The third kappa shape index (κ3) is 2.09. The van der Waals surface area contributed by atoms with E-state index in [4.69, 9.17) is 0 Å². The van der Waals surface area contributed by atoms with Gasteiger partial charge in [0.25, 0.3) is 0 Å². The molecule has 0 N–H and O–H groups in total. The number of hydrogen-bond donors (Lipinski definition) is 0. The summed E-state index contributed by atoms with van der Waals surface area (Å²) in [7, 11) is 0. The number of hydrogen-bond acceptors (Lipinski definition) is 0. The second kappa shape index (κ2) is 5.92. The van der Waals surface area contributed by atoms with Crippen LogP contribution >= 0.6 is 20.7 Å². The van der Waals surface area contributed by atoms with E-state index in [1.807, 2.05) is 0 Å². The van der Waals surface area contributed by atoms with Crippen LogP contribution in [0.2, 0.25) is 0 Å². The first-order valence-electron chi connectivity index (χ1n) is 8.50. The molecule has 0 unspecified atom stereocenters. The van der Waals surface area contributed by atoms with E-state index in [0.717, 1.165) is 0 Å². The number of rotatable bonds is 2. The smallest absolute Gasteiger partial charge is 0.0717 e. The lowest BCUT2D eigenvalue weighted by atomic mass is 9.67. The monoisotopic (exact) mass is 432 g/mol. The highest BCUT2D eigenvalue weighted by Crippen LogP contribution is 2.56. The molecule has 1 aliphatic carbocycles. The predicted molar refractivity (Wildman–Crippen MR) is 116 cm³/mol. The molecule has 1 heteroatoms. The average molecular weight is 432 g/mol. The van der Waals surface area contributed by atoms with Crippen molar-refractivity contribution in [1.29, 1.82) is 0 Å². The van der Waals surface area contributed by atoms with Crippen LogP contribution in [0.3, 0.4) is 0 Å². The summed E-state index contributed by atoms with van der Waals surface area (Å²) in [5, 5.41) is 0. The van der Waals surface area contributed by atoms with Gasteiger partial charge < -0.3 is 0 Å². The minimum Gasteiger partial charge on any atom is -0.0934 e. The zero-order valence-corrected chi connectivity index (χ0v) is 15.9. The van der Waals surface area contributed by atoms with E-state index in [-0.39, 0.29) is 26.1 Å². The van der Waals surface area contributed by atoms with E-state index in [9.17, 15) is 0 Å². The van der Waals surface area contributed by atoms with Gasteiger partial charge in [0.2, 0.25) is 0 Å². The van der Waals surface area contributed by atoms with Gasteiger partial charge in [0.05, 0.1) is 5.41 Å². The Labute approximate surface area is 158 Å². The van der Waals surface area contributed by atoms with Crippen molar-refractivity contribution in [3.63, 3.8) is 0 Å². The Balaban J connectivity index is 1.96. The largest absolute Gasteiger partial charge is 0.0934 e. The van der Waals surface area contributed by atoms with Crippen molar-refractivity contribution >= 4 is 24.7 Å². The van der Waals surface area contributed by atoms with Crippen molar-refractivity contribution < 1.29 is 0 Å². The van der Waals surface area contributed by atoms with Crippen LogP contribution in [0.25, 0.3) is 11.1 Å². The van der Waals surface area contributed by atoms with Gasteiger partial charge in [0.15, 0.2) is 0 Å². The van der Waals surface area contributed by atoms with Crippen LogP contribution in [0, 0.1) is 0 Å². The molecule has 3 aromatic carbocycles. The molecule has 0 saturated carbocycles. The van der Waals surface area contributed by atoms with Gasteiger partial charge in [0.1, 0.15) is 0 Å². The molecule has 3 aromatic rings. The SMILES string of the molecule is C1=CC(C2(c3ccccc3)c3ccccc3-c3ccccc32)=CI=C1. The first kappa shape index (κ1) is 15.0.